The SMILES string of the molecule is CCn1c(Cl)c(C)c2cc(OC)ccc21. The second-order valence-electron chi connectivity index (χ2n) is 3.54. The number of benzene rings is 1. The van der Waals surface area contributed by atoms with E-state index in [0.29, 0.717) is 0 Å². The molecule has 0 N–H and O–H groups in total. The molecule has 0 aliphatic carbocycles. The lowest BCUT2D eigenvalue weighted by Gasteiger charge is -2.03. The molecule has 1 aromatic carbocycles. The Balaban J connectivity index is 2.78. The predicted octanol–water partition coefficient (Wildman–Crippen LogP) is 3.63. The first-order valence-electron chi connectivity index (χ1n) is 5.01. The highest BCUT2D eigenvalue weighted by Gasteiger charge is 2.11. The van der Waals surface area contributed by atoms with Crippen LogP contribution in [-0.2, 0) is 6.54 Å². The molecule has 0 radical (unpaired) electrons. The lowest BCUT2D eigenvalue weighted by Crippen LogP contribution is -1.93. The third kappa shape index (κ3) is 1.49. The van der Waals surface area contributed by atoms with E-state index in [1.165, 1.54) is 10.9 Å². The molecule has 80 valence electrons. The zero-order chi connectivity index (χ0) is 11.0. The first-order valence-corrected chi connectivity index (χ1v) is 5.39. The van der Waals surface area contributed by atoms with E-state index in [-0.39, 0.29) is 0 Å². The Morgan fingerprint density at radius 2 is 2.13 bits per heavy atom. The van der Waals surface area contributed by atoms with E-state index in [2.05, 4.69) is 17.6 Å². The number of hydrogen-bond donors (Lipinski definition) is 0. The van der Waals surface area contributed by atoms with Crippen LogP contribution in [0.1, 0.15) is 12.5 Å². The average Bonchev–Trinajstić information content (AvgIpc) is 2.51. The van der Waals surface area contributed by atoms with Crippen LogP contribution in [0.5, 0.6) is 5.75 Å². The van der Waals surface area contributed by atoms with Crippen LogP contribution >= 0.6 is 11.6 Å². The van der Waals surface area contributed by atoms with Crippen LogP contribution in [0.25, 0.3) is 10.9 Å². The molecule has 0 fully saturated rings. The molecule has 0 atom stereocenters. The maximum atomic E-state index is 6.25. The molecule has 1 aromatic heterocycles. The van der Waals surface area contributed by atoms with Gasteiger partial charge >= 0.3 is 0 Å². The Hall–Kier alpha value is -1.15. The summed E-state index contributed by atoms with van der Waals surface area (Å²) in [5, 5.41) is 1.99. The van der Waals surface area contributed by atoms with Gasteiger partial charge in [0.15, 0.2) is 0 Å². The Morgan fingerprint density at radius 3 is 2.73 bits per heavy atom. The van der Waals surface area contributed by atoms with Crippen LogP contribution in [0.15, 0.2) is 18.2 Å². The summed E-state index contributed by atoms with van der Waals surface area (Å²) < 4.78 is 7.31. The molecule has 0 unspecified atom stereocenters. The lowest BCUT2D eigenvalue weighted by atomic mass is 10.2. The van der Waals surface area contributed by atoms with Crippen molar-refractivity contribution >= 4 is 22.5 Å². The summed E-state index contributed by atoms with van der Waals surface area (Å²) in [5.41, 5.74) is 2.29. The molecule has 0 aliphatic heterocycles. The Bertz CT molecular complexity index is 502. The number of ether oxygens (including phenoxy) is 1. The Kier molecular flexibility index (Phi) is 2.61. The molecule has 2 aromatic rings. The number of methoxy groups -OCH3 is 1. The summed E-state index contributed by atoms with van der Waals surface area (Å²) in [4.78, 5) is 0. The van der Waals surface area contributed by atoms with Gasteiger partial charge < -0.3 is 9.30 Å². The molecule has 0 saturated carbocycles. The quantitative estimate of drug-likeness (QED) is 0.759. The van der Waals surface area contributed by atoms with Crippen molar-refractivity contribution in [3.63, 3.8) is 0 Å². The van der Waals surface area contributed by atoms with Crippen molar-refractivity contribution in [2.45, 2.75) is 20.4 Å². The topological polar surface area (TPSA) is 14.2 Å². The molecular formula is C12H14ClNO. The number of aromatic nitrogens is 1. The van der Waals surface area contributed by atoms with E-state index in [1.54, 1.807) is 7.11 Å². The minimum absolute atomic E-state index is 0.820. The Labute approximate surface area is 94.4 Å². The van der Waals surface area contributed by atoms with Crippen molar-refractivity contribution in [2.24, 2.45) is 0 Å². The van der Waals surface area contributed by atoms with Gasteiger partial charge in [-0.25, -0.2) is 0 Å². The monoisotopic (exact) mass is 223 g/mol. The van der Waals surface area contributed by atoms with Crippen LogP contribution in [0.3, 0.4) is 0 Å². The highest BCUT2D eigenvalue weighted by Crippen LogP contribution is 2.31. The number of halogens is 1. The molecule has 0 bridgehead atoms. The van der Waals surface area contributed by atoms with E-state index in [0.717, 1.165) is 23.0 Å². The summed E-state index contributed by atoms with van der Waals surface area (Å²) in [7, 11) is 1.68. The molecular weight excluding hydrogens is 210 g/mol. The van der Waals surface area contributed by atoms with Gasteiger partial charge in [-0.2, -0.15) is 0 Å². The third-order valence-corrected chi connectivity index (χ3v) is 3.25. The molecule has 0 amide bonds. The van der Waals surface area contributed by atoms with E-state index in [1.807, 2.05) is 19.1 Å². The number of hydrogen-bond acceptors (Lipinski definition) is 1. The van der Waals surface area contributed by atoms with Gasteiger partial charge in [-0.15, -0.1) is 0 Å². The number of rotatable bonds is 2. The van der Waals surface area contributed by atoms with E-state index in [4.69, 9.17) is 16.3 Å². The van der Waals surface area contributed by atoms with Gasteiger partial charge in [0.2, 0.25) is 0 Å². The molecule has 1 heterocycles. The van der Waals surface area contributed by atoms with Crippen LogP contribution in [0.2, 0.25) is 5.15 Å². The molecule has 3 heteroatoms. The fraction of sp³-hybridized carbons (Fsp3) is 0.333. The number of nitrogens with zero attached hydrogens (tertiary/aromatic N) is 1. The summed E-state index contributed by atoms with van der Waals surface area (Å²) in [6, 6.07) is 6.05. The first kappa shape index (κ1) is 10.4. The van der Waals surface area contributed by atoms with Crippen molar-refractivity contribution in [2.75, 3.05) is 7.11 Å². The van der Waals surface area contributed by atoms with Gasteiger partial charge in [-0.1, -0.05) is 11.6 Å². The zero-order valence-corrected chi connectivity index (χ0v) is 9.93. The maximum absolute atomic E-state index is 6.25. The van der Waals surface area contributed by atoms with E-state index < -0.39 is 0 Å². The van der Waals surface area contributed by atoms with Crippen LogP contribution in [-0.4, -0.2) is 11.7 Å². The normalized spacial score (nSPS) is 10.9. The molecule has 0 spiro atoms. The molecule has 0 aliphatic rings. The molecule has 0 saturated heterocycles. The van der Waals surface area contributed by atoms with E-state index in [9.17, 15) is 0 Å². The van der Waals surface area contributed by atoms with E-state index >= 15 is 0 Å². The second kappa shape index (κ2) is 3.78. The minimum Gasteiger partial charge on any atom is -0.497 e. The third-order valence-electron chi connectivity index (χ3n) is 2.76. The van der Waals surface area contributed by atoms with Crippen molar-refractivity contribution < 1.29 is 4.74 Å². The number of fused-ring (bicyclic) bond motifs is 1. The summed E-state index contributed by atoms with van der Waals surface area (Å²) in [6.45, 7) is 5.01. The standard InChI is InChI=1S/C12H14ClNO/c1-4-14-11-6-5-9(15-3)7-10(11)8(2)12(14)13/h5-7H,4H2,1-3H3. The van der Waals surface area contributed by atoms with Gasteiger partial charge in [0.1, 0.15) is 10.9 Å². The van der Waals surface area contributed by atoms with Crippen molar-refractivity contribution in [1.29, 1.82) is 0 Å². The maximum Gasteiger partial charge on any atom is 0.119 e. The molecule has 15 heavy (non-hydrogen) atoms. The fourth-order valence-corrected chi connectivity index (χ4v) is 2.22. The highest BCUT2D eigenvalue weighted by atomic mass is 35.5. The van der Waals surface area contributed by atoms with Gasteiger partial charge in [0.05, 0.1) is 7.11 Å². The average molecular weight is 224 g/mol. The Morgan fingerprint density at radius 1 is 1.40 bits per heavy atom. The van der Waals surface area contributed by atoms with Crippen LogP contribution < -0.4 is 4.74 Å². The first-order chi connectivity index (χ1) is 7.19. The minimum atomic E-state index is 0.820. The zero-order valence-electron chi connectivity index (χ0n) is 9.17. The molecule has 2 nitrogen and oxygen atoms in total. The van der Waals surface area contributed by atoms with Crippen molar-refractivity contribution in [3.8, 4) is 5.75 Å². The van der Waals surface area contributed by atoms with Gasteiger partial charge in [-0.3, -0.25) is 0 Å². The fourth-order valence-electron chi connectivity index (χ4n) is 1.91. The molecule has 2 rings (SSSR count). The van der Waals surface area contributed by atoms with Crippen molar-refractivity contribution in [1.82, 2.24) is 4.57 Å². The summed E-state index contributed by atoms with van der Waals surface area (Å²) in [5.74, 6) is 0.871. The highest BCUT2D eigenvalue weighted by molar-refractivity contribution is 6.32. The number of aryl methyl sites for hydroxylation is 2. The predicted molar refractivity (Wildman–Crippen MR) is 63.9 cm³/mol. The van der Waals surface area contributed by atoms with Gasteiger partial charge in [-0.05, 0) is 37.6 Å². The van der Waals surface area contributed by atoms with Gasteiger partial charge in [0.25, 0.3) is 0 Å². The van der Waals surface area contributed by atoms with Gasteiger partial charge in [0, 0.05) is 17.4 Å². The summed E-state index contributed by atoms with van der Waals surface area (Å²) >= 11 is 6.25. The lowest BCUT2D eigenvalue weighted by molar-refractivity contribution is 0.415. The smallest absolute Gasteiger partial charge is 0.119 e. The van der Waals surface area contributed by atoms with Crippen LogP contribution in [0.4, 0.5) is 0 Å². The largest absolute Gasteiger partial charge is 0.497 e. The summed E-state index contributed by atoms with van der Waals surface area (Å²) in [6.07, 6.45) is 0. The van der Waals surface area contributed by atoms with Crippen LogP contribution in [0, 0.1) is 6.92 Å². The second-order valence-corrected chi connectivity index (χ2v) is 3.90. The van der Waals surface area contributed by atoms with Crippen molar-refractivity contribution in [3.05, 3.63) is 28.9 Å².